The van der Waals surface area contributed by atoms with Crippen molar-refractivity contribution >= 4 is 34.2 Å². The molecule has 0 spiro atoms. The first-order valence-corrected chi connectivity index (χ1v) is 8.59. The number of piperidine rings is 1. The van der Waals surface area contributed by atoms with Crippen molar-refractivity contribution in [3.8, 4) is 0 Å². The fourth-order valence-electron chi connectivity index (χ4n) is 3.32. The van der Waals surface area contributed by atoms with Gasteiger partial charge in [-0.15, -0.1) is 11.6 Å². The van der Waals surface area contributed by atoms with E-state index in [1.165, 1.54) is 24.9 Å². The van der Waals surface area contributed by atoms with Crippen molar-refractivity contribution in [1.29, 1.82) is 0 Å². The Balaban J connectivity index is 2.04. The summed E-state index contributed by atoms with van der Waals surface area (Å²) in [5.74, 6) is 1.69. The van der Waals surface area contributed by atoms with Gasteiger partial charge in [0.15, 0.2) is 0 Å². The van der Waals surface area contributed by atoms with Crippen molar-refractivity contribution in [3.05, 3.63) is 29.0 Å². The van der Waals surface area contributed by atoms with Crippen LogP contribution in [-0.4, -0.2) is 40.0 Å². The highest BCUT2D eigenvalue weighted by molar-refractivity contribution is 6.31. The van der Waals surface area contributed by atoms with Crippen LogP contribution in [-0.2, 0) is 6.42 Å². The van der Waals surface area contributed by atoms with Gasteiger partial charge in [0.2, 0.25) is 0 Å². The van der Waals surface area contributed by atoms with Crippen LogP contribution in [0.15, 0.2) is 18.2 Å². The summed E-state index contributed by atoms with van der Waals surface area (Å²) in [5.41, 5.74) is 2.17. The van der Waals surface area contributed by atoms with Gasteiger partial charge in [0, 0.05) is 29.9 Å². The monoisotopic (exact) mass is 325 g/mol. The molecule has 1 aromatic heterocycles. The molecule has 0 radical (unpaired) electrons. The number of hydrogen-bond acceptors (Lipinski definition) is 2. The summed E-state index contributed by atoms with van der Waals surface area (Å²) in [6.45, 7) is 5.64. The van der Waals surface area contributed by atoms with E-state index in [0.29, 0.717) is 11.9 Å². The largest absolute Gasteiger partial charge is 0.324 e. The van der Waals surface area contributed by atoms with Gasteiger partial charge < -0.3 is 9.47 Å². The van der Waals surface area contributed by atoms with E-state index in [1.807, 2.05) is 12.1 Å². The maximum atomic E-state index is 6.11. The summed E-state index contributed by atoms with van der Waals surface area (Å²) in [7, 11) is 0. The lowest BCUT2D eigenvalue weighted by Crippen LogP contribution is -2.36. The molecule has 1 fully saturated rings. The molecule has 1 aliphatic heterocycles. The zero-order chi connectivity index (χ0) is 14.8. The highest BCUT2D eigenvalue weighted by Crippen LogP contribution is 2.29. The quantitative estimate of drug-likeness (QED) is 0.788. The molecule has 1 unspecified atom stereocenters. The Morgan fingerprint density at radius 1 is 1.38 bits per heavy atom. The molecule has 3 nitrogen and oxygen atoms in total. The van der Waals surface area contributed by atoms with Crippen molar-refractivity contribution in [3.63, 3.8) is 0 Å². The number of likely N-dealkylation sites (tertiary alicyclic amines) is 1. The van der Waals surface area contributed by atoms with Crippen LogP contribution in [0, 0.1) is 0 Å². The van der Waals surface area contributed by atoms with E-state index in [0.717, 1.165) is 35.9 Å². The van der Waals surface area contributed by atoms with Gasteiger partial charge in [-0.3, -0.25) is 0 Å². The maximum absolute atomic E-state index is 6.11. The molecule has 1 aliphatic rings. The highest BCUT2D eigenvalue weighted by Gasteiger charge is 2.24. The minimum Gasteiger partial charge on any atom is -0.324 e. The maximum Gasteiger partial charge on any atom is 0.111 e. The number of fused-ring (bicyclic) bond motifs is 1. The fraction of sp³-hybridized carbons (Fsp3) is 0.562. The zero-order valence-corrected chi connectivity index (χ0v) is 13.9. The second kappa shape index (κ2) is 6.55. The number of likely N-dealkylation sites (N-methyl/N-ethyl adjacent to an activating group) is 1. The third-order valence-corrected chi connectivity index (χ3v) is 4.76. The standard InChI is InChI=1S/C16H21Cl2N3/c1-2-20-9-3-4-13(11-20)21-15-6-5-12(18)10-14(15)19-16(21)7-8-17/h5-6,10,13H,2-4,7-9,11H2,1H3. The van der Waals surface area contributed by atoms with Gasteiger partial charge in [0.05, 0.1) is 11.0 Å². The van der Waals surface area contributed by atoms with E-state index in [1.54, 1.807) is 0 Å². The number of aryl methyl sites for hydroxylation is 1. The van der Waals surface area contributed by atoms with Crippen LogP contribution >= 0.6 is 23.2 Å². The van der Waals surface area contributed by atoms with E-state index >= 15 is 0 Å². The van der Waals surface area contributed by atoms with Crippen molar-refractivity contribution in [2.45, 2.75) is 32.2 Å². The van der Waals surface area contributed by atoms with Crippen LogP contribution in [0.4, 0.5) is 0 Å². The molecule has 0 N–H and O–H groups in total. The molecule has 5 heteroatoms. The molecule has 0 saturated carbocycles. The Morgan fingerprint density at radius 3 is 3.00 bits per heavy atom. The van der Waals surface area contributed by atoms with Crippen molar-refractivity contribution < 1.29 is 0 Å². The summed E-state index contributed by atoms with van der Waals surface area (Å²) >= 11 is 12.1. The zero-order valence-electron chi connectivity index (χ0n) is 12.4. The molecule has 21 heavy (non-hydrogen) atoms. The molecule has 3 rings (SSSR count). The van der Waals surface area contributed by atoms with Crippen LogP contribution in [0.2, 0.25) is 5.02 Å². The molecule has 1 saturated heterocycles. The van der Waals surface area contributed by atoms with Gasteiger partial charge in [0.1, 0.15) is 5.82 Å². The Hall–Kier alpha value is -0.770. The summed E-state index contributed by atoms with van der Waals surface area (Å²) in [6, 6.07) is 6.48. The normalized spacial score (nSPS) is 20.2. The molecule has 0 aliphatic carbocycles. The average Bonchev–Trinajstić information content (AvgIpc) is 2.84. The third-order valence-electron chi connectivity index (χ3n) is 4.34. The minimum absolute atomic E-state index is 0.489. The second-order valence-corrected chi connectivity index (χ2v) is 6.47. The summed E-state index contributed by atoms with van der Waals surface area (Å²) in [5, 5.41) is 0.739. The second-order valence-electron chi connectivity index (χ2n) is 5.66. The van der Waals surface area contributed by atoms with Gasteiger partial charge in [-0.25, -0.2) is 4.98 Å². The first-order chi connectivity index (χ1) is 10.2. The van der Waals surface area contributed by atoms with E-state index in [9.17, 15) is 0 Å². The molecular weight excluding hydrogens is 305 g/mol. The van der Waals surface area contributed by atoms with Gasteiger partial charge in [0.25, 0.3) is 0 Å². The van der Waals surface area contributed by atoms with E-state index in [4.69, 9.17) is 28.2 Å². The molecule has 2 aromatic rings. The molecule has 1 aromatic carbocycles. The number of aromatic nitrogens is 2. The predicted octanol–water partition coefficient (Wildman–Crippen LogP) is 4.13. The van der Waals surface area contributed by atoms with Gasteiger partial charge >= 0.3 is 0 Å². The molecular formula is C16H21Cl2N3. The van der Waals surface area contributed by atoms with Crippen LogP contribution in [0.25, 0.3) is 11.0 Å². The first-order valence-electron chi connectivity index (χ1n) is 7.67. The lowest BCUT2D eigenvalue weighted by molar-refractivity contribution is 0.186. The summed E-state index contributed by atoms with van der Waals surface area (Å²) in [4.78, 5) is 7.28. The number of imidazole rings is 1. The number of nitrogens with zero attached hydrogens (tertiary/aromatic N) is 3. The van der Waals surface area contributed by atoms with E-state index in [2.05, 4.69) is 22.5 Å². The Morgan fingerprint density at radius 2 is 2.24 bits per heavy atom. The third kappa shape index (κ3) is 3.05. The lowest BCUT2D eigenvalue weighted by atomic mass is 10.0. The van der Waals surface area contributed by atoms with E-state index in [-0.39, 0.29) is 0 Å². The summed E-state index contributed by atoms with van der Waals surface area (Å²) in [6.07, 6.45) is 3.25. The van der Waals surface area contributed by atoms with Crippen molar-refractivity contribution in [2.75, 3.05) is 25.5 Å². The number of alkyl halides is 1. The van der Waals surface area contributed by atoms with Crippen LogP contribution in [0.3, 0.4) is 0 Å². The number of hydrogen-bond donors (Lipinski definition) is 0. The Bertz CT molecular complexity index is 623. The van der Waals surface area contributed by atoms with Crippen LogP contribution < -0.4 is 0 Å². The molecule has 0 bridgehead atoms. The molecule has 114 valence electrons. The fourth-order valence-corrected chi connectivity index (χ4v) is 3.65. The number of halogens is 2. The molecule has 1 atom stereocenters. The van der Waals surface area contributed by atoms with Gasteiger partial charge in [-0.1, -0.05) is 18.5 Å². The number of benzene rings is 1. The van der Waals surface area contributed by atoms with Crippen LogP contribution in [0.5, 0.6) is 0 Å². The van der Waals surface area contributed by atoms with E-state index < -0.39 is 0 Å². The highest BCUT2D eigenvalue weighted by atomic mass is 35.5. The smallest absolute Gasteiger partial charge is 0.111 e. The molecule has 0 amide bonds. The van der Waals surface area contributed by atoms with Gasteiger partial charge in [-0.05, 0) is 44.1 Å². The average molecular weight is 326 g/mol. The van der Waals surface area contributed by atoms with Gasteiger partial charge in [-0.2, -0.15) is 0 Å². The van der Waals surface area contributed by atoms with Crippen molar-refractivity contribution in [2.24, 2.45) is 0 Å². The first kappa shape index (κ1) is 15.1. The Kier molecular flexibility index (Phi) is 4.72. The Labute approximate surface area is 135 Å². The number of rotatable bonds is 4. The predicted molar refractivity (Wildman–Crippen MR) is 89.6 cm³/mol. The lowest BCUT2D eigenvalue weighted by Gasteiger charge is -2.33. The van der Waals surface area contributed by atoms with Crippen LogP contribution in [0.1, 0.15) is 31.6 Å². The van der Waals surface area contributed by atoms with Crippen molar-refractivity contribution in [1.82, 2.24) is 14.5 Å². The summed E-state index contributed by atoms with van der Waals surface area (Å²) < 4.78 is 2.40. The topological polar surface area (TPSA) is 21.1 Å². The molecule has 2 heterocycles. The SMILES string of the molecule is CCN1CCCC(n2c(CCCl)nc3cc(Cl)ccc32)C1. The minimum atomic E-state index is 0.489.